The van der Waals surface area contributed by atoms with Gasteiger partial charge in [-0.25, -0.2) is 0 Å². The summed E-state index contributed by atoms with van der Waals surface area (Å²) < 4.78 is 5.35. The molecule has 0 saturated carbocycles. The first kappa shape index (κ1) is 15.3. The van der Waals surface area contributed by atoms with Gasteiger partial charge in [-0.3, -0.25) is 4.79 Å². The minimum absolute atomic E-state index is 0.243. The molecule has 0 unspecified atom stereocenters. The first-order chi connectivity index (χ1) is 11.2. The molecule has 6 nitrogen and oxygen atoms in total. The Kier molecular flexibility index (Phi) is 4.41. The average molecular weight is 313 g/mol. The second-order valence-electron chi connectivity index (χ2n) is 5.58. The highest BCUT2D eigenvalue weighted by atomic mass is 16.5. The van der Waals surface area contributed by atoms with Crippen molar-refractivity contribution in [3.05, 3.63) is 36.4 Å². The van der Waals surface area contributed by atoms with Crippen molar-refractivity contribution in [2.75, 3.05) is 25.1 Å². The van der Waals surface area contributed by atoms with Gasteiger partial charge in [0.1, 0.15) is 5.75 Å². The third-order valence-corrected chi connectivity index (χ3v) is 4.20. The third kappa shape index (κ3) is 3.26. The van der Waals surface area contributed by atoms with Crippen LogP contribution < -0.4 is 9.64 Å². The number of nitrogens with zero attached hydrogens (tertiary/aromatic N) is 3. The van der Waals surface area contributed by atoms with Crippen molar-refractivity contribution in [2.24, 2.45) is 5.92 Å². The van der Waals surface area contributed by atoms with Gasteiger partial charge in [0.15, 0.2) is 5.82 Å². The lowest BCUT2D eigenvalue weighted by molar-refractivity contribution is -0.142. The van der Waals surface area contributed by atoms with E-state index in [1.807, 2.05) is 36.4 Å². The van der Waals surface area contributed by atoms with E-state index in [1.54, 1.807) is 7.11 Å². The molecule has 1 aromatic heterocycles. The Bertz CT molecular complexity index is 680. The maximum absolute atomic E-state index is 11.0. The number of anilines is 1. The fraction of sp³-hybridized carbons (Fsp3) is 0.353. The number of hydrogen-bond acceptors (Lipinski definition) is 5. The van der Waals surface area contributed by atoms with Crippen LogP contribution in [0.4, 0.5) is 5.82 Å². The van der Waals surface area contributed by atoms with E-state index < -0.39 is 5.97 Å². The molecule has 1 aromatic carbocycles. The number of methoxy groups -OCH3 is 1. The number of aliphatic carboxylic acids is 1. The predicted octanol–water partition coefficient (Wildman–Crippen LogP) is 2.45. The summed E-state index contributed by atoms with van der Waals surface area (Å²) in [6.45, 7) is 1.39. The molecule has 120 valence electrons. The van der Waals surface area contributed by atoms with Crippen molar-refractivity contribution in [1.29, 1.82) is 0 Å². The molecule has 0 atom stereocenters. The molecule has 1 N–H and O–H groups in total. The van der Waals surface area contributed by atoms with Crippen LogP contribution in [0.1, 0.15) is 12.8 Å². The molecule has 0 amide bonds. The van der Waals surface area contributed by atoms with Gasteiger partial charge in [0.2, 0.25) is 0 Å². The van der Waals surface area contributed by atoms with Crippen LogP contribution in [0.15, 0.2) is 36.4 Å². The molecule has 0 bridgehead atoms. The predicted molar refractivity (Wildman–Crippen MR) is 86.6 cm³/mol. The van der Waals surface area contributed by atoms with Crippen LogP contribution in [0.3, 0.4) is 0 Å². The molecule has 2 heterocycles. The highest BCUT2D eigenvalue weighted by Crippen LogP contribution is 2.29. The summed E-state index contributed by atoms with van der Waals surface area (Å²) >= 11 is 0. The SMILES string of the molecule is COc1ccccc1-c1ccc(N2CCC(C(=O)O)CC2)nn1. The van der Waals surface area contributed by atoms with Crippen LogP contribution in [0.2, 0.25) is 0 Å². The van der Waals surface area contributed by atoms with E-state index in [2.05, 4.69) is 15.1 Å². The molecule has 1 saturated heterocycles. The molecule has 3 rings (SSSR count). The van der Waals surface area contributed by atoms with Crippen molar-refractivity contribution in [3.8, 4) is 17.0 Å². The minimum atomic E-state index is -0.706. The van der Waals surface area contributed by atoms with Crippen molar-refractivity contribution in [3.63, 3.8) is 0 Å². The molecule has 23 heavy (non-hydrogen) atoms. The van der Waals surface area contributed by atoms with Crippen molar-refractivity contribution in [2.45, 2.75) is 12.8 Å². The van der Waals surface area contributed by atoms with Crippen molar-refractivity contribution >= 4 is 11.8 Å². The van der Waals surface area contributed by atoms with Gasteiger partial charge in [0, 0.05) is 18.7 Å². The van der Waals surface area contributed by atoms with Gasteiger partial charge in [-0.05, 0) is 37.1 Å². The van der Waals surface area contributed by atoms with Crippen LogP contribution in [0, 0.1) is 5.92 Å². The van der Waals surface area contributed by atoms with Gasteiger partial charge < -0.3 is 14.7 Å². The van der Waals surface area contributed by atoms with Gasteiger partial charge in [-0.2, -0.15) is 0 Å². The molecule has 1 aliphatic heterocycles. The van der Waals surface area contributed by atoms with Crippen LogP contribution >= 0.6 is 0 Å². The molecule has 0 spiro atoms. The number of carbonyl (C=O) groups is 1. The Morgan fingerprint density at radius 1 is 1.17 bits per heavy atom. The zero-order valence-corrected chi connectivity index (χ0v) is 13.0. The molecular formula is C17H19N3O3. The third-order valence-electron chi connectivity index (χ3n) is 4.20. The quantitative estimate of drug-likeness (QED) is 0.934. The van der Waals surface area contributed by atoms with Crippen LogP contribution in [0.25, 0.3) is 11.3 Å². The van der Waals surface area contributed by atoms with E-state index >= 15 is 0 Å². The van der Waals surface area contributed by atoms with Gasteiger partial charge in [-0.15, -0.1) is 10.2 Å². The summed E-state index contributed by atoms with van der Waals surface area (Å²) in [6.07, 6.45) is 1.29. The van der Waals surface area contributed by atoms with Gasteiger partial charge >= 0.3 is 5.97 Å². The molecule has 0 aliphatic carbocycles. The Morgan fingerprint density at radius 2 is 1.91 bits per heavy atom. The highest BCUT2D eigenvalue weighted by molar-refractivity contribution is 5.70. The topological polar surface area (TPSA) is 75.5 Å². The molecule has 2 aromatic rings. The number of hydrogen-bond donors (Lipinski definition) is 1. The number of carboxylic acid groups (broad SMARTS) is 1. The maximum Gasteiger partial charge on any atom is 0.306 e. The molecule has 6 heteroatoms. The van der Waals surface area contributed by atoms with E-state index in [4.69, 9.17) is 9.84 Å². The van der Waals surface area contributed by atoms with E-state index in [9.17, 15) is 4.79 Å². The number of ether oxygens (including phenoxy) is 1. The summed E-state index contributed by atoms with van der Waals surface area (Å²) in [5, 5.41) is 17.6. The summed E-state index contributed by atoms with van der Waals surface area (Å²) in [6, 6.07) is 11.5. The number of benzene rings is 1. The van der Waals surface area contributed by atoms with Crippen molar-refractivity contribution < 1.29 is 14.6 Å². The Hall–Kier alpha value is -2.63. The lowest BCUT2D eigenvalue weighted by Crippen LogP contribution is -2.36. The van der Waals surface area contributed by atoms with Crippen LogP contribution in [-0.2, 0) is 4.79 Å². The minimum Gasteiger partial charge on any atom is -0.496 e. The second-order valence-corrected chi connectivity index (χ2v) is 5.58. The second kappa shape index (κ2) is 6.64. The maximum atomic E-state index is 11.0. The standard InChI is InChI=1S/C17H19N3O3/c1-23-15-5-3-2-4-13(15)14-6-7-16(19-18-14)20-10-8-12(9-11-20)17(21)22/h2-7,12H,8-11H2,1H3,(H,21,22). The Morgan fingerprint density at radius 3 is 2.52 bits per heavy atom. The van der Waals surface area contributed by atoms with Gasteiger partial charge in [0.25, 0.3) is 0 Å². The zero-order chi connectivity index (χ0) is 16.2. The summed E-state index contributed by atoms with van der Waals surface area (Å²) in [5.74, 6) is 0.596. The number of carboxylic acids is 1. The monoisotopic (exact) mass is 313 g/mol. The highest BCUT2D eigenvalue weighted by Gasteiger charge is 2.25. The fourth-order valence-electron chi connectivity index (χ4n) is 2.85. The number of piperidine rings is 1. The molecule has 0 radical (unpaired) electrons. The Balaban J connectivity index is 1.74. The summed E-state index contributed by atoms with van der Waals surface area (Å²) in [5.41, 5.74) is 1.66. The van der Waals surface area contributed by atoms with E-state index in [0.29, 0.717) is 25.9 Å². The Labute approximate surface area is 134 Å². The van der Waals surface area contributed by atoms with Crippen LogP contribution in [0.5, 0.6) is 5.75 Å². The van der Waals surface area contributed by atoms with E-state index in [0.717, 1.165) is 22.8 Å². The van der Waals surface area contributed by atoms with E-state index in [-0.39, 0.29) is 5.92 Å². The number of rotatable bonds is 4. The summed E-state index contributed by atoms with van der Waals surface area (Å²) in [4.78, 5) is 13.1. The lowest BCUT2D eigenvalue weighted by Gasteiger charge is -2.30. The lowest BCUT2D eigenvalue weighted by atomic mass is 9.97. The van der Waals surface area contributed by atoms with Gasteiger partial charge in [0.05, 0.1) is 18.7 Å². The number of aromatic nitrogens is 2. The largest absolute Gasteiger partial charge is 0.496 e. The summed E-state index contributed by atoms with van der Waals surface area (Å²) in [7, 11) is 1.63. The van der Waals surface area contributed by atoms with Gasteiger partial charge in [-0.1, -0.05) is 12.1 Å². The first-order valence-corrected chi connectivity index (χ1v) is 7.64. The normalized spacial score (nSPS) is 15.4. The first-order valence-electron chi connectivity index (χ1n) is 7.64. The van der Waals surface area contributed by atoms with E-state index in [1.165, 1.54) is 0 Å². The smallest absolute Gasteiger partial charge is 0.306 e. The molecular weight excluding hydrogens is 294 g/mol. The van der Waals surface area contributed by atoms with Crippen molar-refractivity contribution in [1.82, 2.24) is 10.2 Å². The fourth-order valence-corrected chi connectivity index (χ4v) is 2.85. The van der Waals surface area contributed by atoms with Crippen LogP contribution in [-0.4, -0.2) is 41.5 Å². The average Bonchev–Trinajstić information content (AvgIpc) is 2.62. The number of para-hydroxylation sites is 1. The molecule has 1 fully saturated rings. The molecule has 1 aliphatic rings. The zero-order valence-electron chi connectivity index (χ0n) is 13.0.